The lowest BCUT2D eigenvalue weighted by molar-refractivity contribution is 0.187. The van der Waals surface area contributed by atoms with Gasteiger partial charge in [0, 0.05) is 18.6 Å². The van der Waals surface area contributed by atoms with E-state index < -0.39 is 0 Å². The third-order valence-corrected chi connectivity index (χ3v) is 4.68. The van der Waals surface area contributed by atoms with E-state index in [1.165, 1.54) is 64.6 Å². The molecular weight excluding hydrogens is 208 g/mol. The van der Waals surface area contributed by atoms with Gasteiger partial charge in [-0.25, -0.2) is 0 Å². The van der Waals surface area contributed by atoms with Gasteiger partial charge in [-0.05, 0) is 58.0 Å². The number of hydrogen-bond acceptors (Lipinski definition) is 2. The van der Waals surface area contributed by atoms with Crippen LogP contribution in [0.15, 0.2) is 0 Å². The van der Waals surface area contributed by atoms with Gasteiger partial charge in [-0.3, -0.25) is 0 Å². The molecule has 0 aromatic carbocycles. The van der Waals surface area contributed by atoms with Crippen LogP contribution >= 0.6 is 0 Å². The van der Waals surface area contributed by atoms with Crippen molar-refractivity contribution in [3.8, 4) is 0 Å². The van der Waals surface area contributed by atoms with E-state index in [0.717, 1.165) is 12.0 Å². The normalized spacial score (nSPS) is 33.5. The molecule has 0 amide bonds. The Balaban J connectivity index is 1.80. The fourth-order valence-electron chi connectivity index (χ4n) is 3.46. The quantitative estimate of drug-likeness (QED) is 0.813. The van der Waals surface area contributed by atoms with Crippen LogP contribution in [0, 0.1) is 5.92 Å². The van der Waals surface area contributed by atoms with Crippen LogP contribution in [0.4, 0.5) is 0 Å². The minimum Gasteiger partial charge on any atom is -0.311 e. The predicted octanol–water partition coefficient (Wildman–Crippen LogP) is 3.03. The molecule has 1 heterocycles. The lowest BCUT2D eigenvalue weighted by Crippen LogP contribution is -2.44. The molecule has 0 bridgehead atoms. The van der Waals surface area contributed by atoms with Crippen molar-refractivity contribution in [2.45, 2.75) is 70.9 Å². The maximum Gasteiger partial charge on any atom is 0.00790 e. The summed E-state index contributed by atoms with van der Waals surface area (Å²) in [4.78, 5) is 2.75. The summed E-state index contributed by atoms with van der Waals surface area (Å²) in [6.45, 7) is 8.66. The van der Waals surface area contributed by atoms with Crippen molar-refractivity contribution in [3.63, 3.8) is 0 Å². The van der Waals surface area contributed by atoms with Crippen molar-refractivity contribution < 1.29 is 0 Å². The lowest BCUT2D eigenvalue weighted by Gasteiger charge is -2.33. The Morgan fingerprint density at radius 1 is 1.06 bits per heavy atom. The maximum atomic E-state index is 3.76. The van der Waals surface area contributed by atoms with Crippen LogP contribution in [0.2, 0.25) is 0 Å². The van der Waals surface area contributed by atoms with E-state index in [1.54, 1.807) is 0 Å². The van der Waals surface area contributed by atoms with Gasteiger partial charge in [0.15, 0.2) is 0 Å². The van der Waals surface area contributed by atoms with Gasteiger partial charge in [-0.15, -0.1) is 0 Å². The molecule has 100 valence electrons. The van der Waals surface area contributed by atoms with E-state index in [-0.39, 0.29) is 0 Å². The number of nitrogens with zero attached hydrogens (tertiary/aromatic N) is 1. The first-order chi connectivity index (χ1) is 8.28. The van der Waals surface area contributed by atoms with Crippen molar-refractivity contribution in [3.05, 3.63) is 0 Å². The molecule has 2 aliphatic rings. The Morgan fingerprint density at radius 3 is 2.47 bits per heavy atom. The first-order valence-electron chi connectivity index (χ1n) is 7.76. The molecule has 17 heavy (non-hydrogen) atoms. The third-order valence-electron chi connectivity index (χ3n) is 4.68. The summed E-state index contributed by atoms with van der Waals surface area (Å²) < 4.78 is 0. The number of nitrogens with one attached hydrogen (secondary N) is 1. The zero-order valence-corrected chi connectivity index (χ0v) is 11.8. The average molecular weight is 238 g/mol. The summed E-state index contributed by atoms with van der Waals surface area (Å²) in [5.74, 6) is 1.01. The van der Waals surface area contributed by atoms with Crippen LogP contribution in [0.1, 0.15) is 58.8 Å². The molecule has 1 aliphatic heterocycles. The molecule has 2 nitrogen and oxygen atoms in total. The van der Waals surface area contributed by atoms with Gasteiger partial charge < -0.3 is 10.2 Å². The van der Waals surface area contributed by atoms with Crippen molar-refractivity contribution in [2.24, 2.45) is 5.92 Å². The van der Waals surface area contributed by atoms with E-state index in [1.807, 2.05) is 0 Å². The van der Waals surface area contributed by atoms with Gasteiger partial charge in [-0.2, -0.15) is 0 Å². The van der Waals surface area contributed by atoms with Crippen molar-refractivity contribution in [2.75, 3.05) is 19.6 Å². The zero-order chi connectivity index (χ0) is 12.1. The third kappa shape index (κ3) is 4.26. The summed E-state index contributed by atoms with van der Waals surface area (Å²) in [5.41, 5.74) is 0. The monoisotopic (exact) mass is 238 g/mol. The Hall–Kier alpha value is -0.0800. The van der Waals surface area contributed by atoms with Gasteiger partial charge in [0.05, 0.1) is 0 Å². The van der Waals surface area contributed by atoms with Gasteiger partial charge in [0.25, 0.3) is 0 Å². The minimum atomic E-state index is 0.700. The first-order valence-corrected chi connectivity index (χ1v) is 7.76. The summed E-state index contributed by atoms with van der Waals surface area (Å²) in [5, 5.41) is 3.76. The molecule has 1 saturated heterocycles. The SMILES string of the molecule is CCC1CCN(CC2CCCC2)CCC(C)N1. The highest BCUT2D eigenvalue weighted by atomic mass is 15.1. The Bertz CT molecular complexity index is 211. The van der Waals surface area contributed by atoms with Gasteiger partial charge in [0.1, 0.15) is 0 Å². The average Bonchev–Trinajstić information content (AvgIpc) is 2.81. The molecule has 1 saturated carbocycles. The molecule has 2 fully saturated rings. The summed E-state index contributed by atoms with van der Waals surface area (Å²) >= 11 is 0. The Morgan fingerprint density at radius 2 is 1.76 bits per heavy atom. The molecule has 2 heteroatoms. The van der Waals surface area contributed by atoms with Gasteiger partial charge in [0.2, 0.25) is 0 Å². The van der Waals surface area contributed by atoms with Gasteiger partial charge >= 0.3 is 0 Å². The smallest absolute Gasteiger partial charge is 0.00790 e. The van der Waals surface area contributed by atoms with Crippen LogP contribution in [0.25, 0.3) is 0 Å². The highest BCUT2D eigenvalue weighted by molar-refractivity contribution is 4.79. The molecule has 2 rings (SSSR count). The molecule has 0 spiro atoms. The summed E-state index contributed by atoms with van der Waals surface area (Å²) in [6.07, 6.45) is 9.88. The van der Waals surface area contributed by atoms with E-state index in [4.69, 9.17) is 0 Å². The molecule has 1 N–H and O–H groups in total. The van der Waals surface area contributed by atoms with Crippen LogP contribution in [0.5, 0.6) is 0 Å². The van der Waals surface area contributed by atoms with E-state index >= 15 is 0 Å². The van der Waals surface area contributed by atoms with Crippen molar-refractivity contribution >= 4 is 0 Å². The standard InChI is InChI=1S/C15H30N2/c1-3-15-9-11-17(10-8-13(2)16-15)12-14-6-4-5-7-14/h13-16H,3-12H2,1-2H3. The van der Waals surface area contributed by atoms with Crippen LogP contribution in [-0.2, 0) is 0 Å². The van der Waals surface area contributed by atoms with Gasteiger partial charge in [-0.1, -0.05) is 19.8 Å². The van der Waals surface area contributed by atoms with Crippen molar-refractivity contribution in [1.82, 2.24) is 10.2 Å². The maximum absolute atomic E-state index is 3.76. The van der Waals surface area contributed by atoms with Crippen molar-refractivity contribution in [1.29, 1.82) is 0 Å². The van der Waals surface area contributed by atoms with E-state index in [2.05, 4.69) is 24.1 Å². The topological polar surface area (TPSA) is 15.3 Å². The Labute approximate surface area is 107 Å². The highest BCUT2D eigenvalue weighted by Crippen LogP contribution is 2.26. The predicted molar refractivity (Wildman–Crippen MR) is 74.3 cm³/mol. The first kappa shape index (κ1) is 13.4. The molecule has 0 aromatic heterocycles. The molecular formula is C15H30N2. The largest absolute Gasteiger partial charge is 0.311 e. The lowest BCUT2D eigenvalue weighted by atomic mass is 10.0. The zero-order valence-electron chi connectivity index (χ0n) is 11.8. The Kier molecular flexibility index (Phi) is 5.30. The molecule has 2 atom stereocenters. The minimum absolute atomic E-state index is 0.700. The molecule has 2 unspecified atom stereocenters. The van der Waals surface area contributed by atoms with E-state index in [0.29, 0.717) is 6.04 Å². The second kappa shape index (κ2) is 6.75. The van der Waals surface area contributed by atoms with E-state index in [9.17, 15) is 0 Å². The summed E-state index contributed by atoms with van der Waals surface area (Å²) in [7, 11) is 0. The second-order valence-electron chi connectivity index (χ2n) is 6.20. The number of hydrogen-bond donors (Lipinski definition) is 1. The second-order valence-corrected chi connectivity index (χ2v) is 6.20. The fraction of sp³-hybridized carbons (Fsp3) is 1.00. The van der Waals surface area contributed by atoms with Crippen LogP contribution in [0.3, 0.4) is 0 Å². The fourth-order valence-corrected chi connectivity index (χ4v) is 3.46. The highest BCUT2D eigenvalue weighted by Gasteiger charge is 2.21. The van der Waals surface area contributed by atoms with Crippen LogP contribution in [-0.4, -0.2) is 36.6 Å². The molecule has 1 aliphatic carbocycles. The molecule has 0 radical (unpaired) electrons. The van der Waals surface area contributed by atoms with Crippen LogP contribution < -0.4 is 5.32 Å². The number of rotatable bonds is 3. The summed E-state index contributed by atoms with van der Waals surface area (Å²) in [6, 6.07) is 1.45. The molecule has 0 aromatic rings.